The average Bonchev–Trinajstić information content (AvgIpc) is 3.11. The number of esters is 1. The standard InChI is InChI=1S/C20H29N3O4/c1-4-26-19(25)20(9-5-6-10-20)22-18(24)16-7-8-17(21-11-16)23-12-14(2)27-15(3)13-23/h7-8,11,14-15H,4-6,9-10,12-13H2,1-3H3,(H,22,24)/t14-,15-/m0/s1. The lowest BCUT2D eigenvalue weighted by atomic mass is 9.97. The van der Waals surface area contributed by atoms with Crippen LogP contribution in [0.15, 0.2) is 18.3 Å². The molecule has 0 bridgehead atoms. The zero-order valence-corrected chi connectivity index (χ0v) is 16.4. The van der Waals surface area contributed by atoms with Gasteiger partial charge < -0.3 is 19.7 Å². The van der Waals surface area contributed by atoms with Crippen LogP contribution in [0.5, 0.6) is 0 Å². The first kappa shape index (κ1) is 19.6. The number of pyridine rings is 1. The highest BCUT2D eigenvalue weighted by Gasteiger charge is 2.44. The molecule has 2 heterocycles. The highest BCUT2D eigenvalue weighted by Crippen LogP contribution is 2.31. The number of ether oxygens (including phenoxy) is 2. The second kappa shape index (κ2) is 8.25. The van der Waals surface area contributed by atoms with E-state index < -0.39 is 5.54 Å². The number of hydrogen-bond donors (Lipinski definition) is 1. The number of nitrogens with zero attached hydrogens (tertiary/aromatic N) is 2. The molecule has 3 rings (SSSR count). The molecular weight excluding hydrogens is 346 g/mol. The zero-order chi connectivity index (χ0) is 19.4. The molecule has 2 fully saturated rings. The van der Waals surface area contributed by atoms with Gasteiger partial charge in [-0.25, -0.2) is 9.78 Å². The van der Waals surface area contributed by atoms with Crippen molar-refractivity contribution in [2.24, 2.45) is 0 Å². The van der Waals surface area contributed by atoms with E-state index >= 15 is 0 Å². The molecule has 1 aliphatic heterocycles. The highest BCUT2D eigenvalue weighted by molar-refractivity contribution is 5.98. The largest absolute Gasteiger partial charge is 0.464 e. The topological polar surface area (TPSA) is 80.8 Å². The summed E-state index contributed by atoms with van der Waals surface area (Å²) in [5.74, 6) is 0.207. The summed E-state index contributed by atoms with van der Waals surface area (Å²) in [6.45, 7) is 7.72. The van der Waals surface area contributed by atoms with E-state index in [1.165, 1.54) is 0 Å². The average molecular weight is 375 g/mol. The van der Waals surface area contributed by atoms with Crippen LogP contribution in [-0.2, 0) is 14.3 Å². The molecule has 1 saturated heterocycles. The Kier molecular flexibility index (Phi) is 5.99. The maximum absolute atomic E-state index is 12.7. The Morgan fingerprint density at radius 3 is 2.48 bits per heavy atom. The van der Waals surface area contributed by atoms with Crippen molar-refractivity contribution in [1.29, 1.82) is 0 Å². The van der Waals surface area contributed by atoms with Crippen molar-refractivity contribution < 1.29 is 19.1 Å². The predicted octanol–water partition coefficient (Wildman–Crippen LogP) is 2.30. The summed E-state index contributed by atoms with van der Waals surface area (Å²) in [7, 11) is 0. The first-order valence-electron chi connectivity index (χ1n) is 9.80. The molecule has 1 saturated carbocycles. The molecule has 7 nitrogen and oxygen atoms in total. The van der Waals surface area contributed by atoms with Crippen molar-refractivity contribution in [1.82, 2.24) is 10.3 Å². The molecule has 1 aromatic rings. The van der Waals surface area contributed by atoms with E-state index in [2.05, 4.69) is 15.2 Å². The summed E-state index contributed by atoms with van der Waals surface area (Å²) >= 11 is 0. The van der Waals surface area contributed by atoms with Gasteiger partial charge in [0.05, 0.1) is 24.4 Å². The molecular formula is C20H29N3O4. The van der Waals surface area contributed by atoms with Crippen LogP contribution in [-0.4, -0.2) is 54.3 Å². The number of rotatable bonds is 5. The highest BCUT2D eigenvalue weighted by atomic mass is 16.5. The monoisotopic (exact) mass is 375 g/mol. The summed E-state index contributed by atoms with van der Waals surface area (Å²) < 4.78 is 10.9. The molecule has 0 spiro atoms. The van der Waals surface area contributed by atoms with Crippen molar-refractivity contribution in [3.8, 4) is 0 Å². The number of morpholine rings is 1. The molecule has 0 aromatic carbocycles. The fourth-order valence-corrected chi connectivity index (χ4v) is 3.99. The SMILES string of the molecule is CCOC(=O)C1(NC(=O)c2ccc(N3C[C@H](C)O[C@@H](C)C3)nc2)CCCC1. The van der Waals surface area contributed by atoms with Crippen molar-refractivity contribution in [3.63, 3.8) is 0 Å². The minimum atomic E-state index is -0.902. The first-order valence-corrected chi connectivity index (χ1v) is 9.80. The van der Waals surface area contributed by atoms with E-state index in [1.807, 2.05) is 19.9 Å². The second-order valence-corrected chi connectivity index (χ2v) is 7.53. The van der Waals surface area contributed by atoms with Gasteiger partial charge in [-0.15, -0.1) is 0 Å². The Morgan fingerprint density at radius 2 is 1.93 bits per heavy atom. The van der Waals surface area contributed by atoms with Gasteiger partial charge >= 0.3 is 5.97 Å². The number of amides is 1. The first-order chi connectivity index (χ1) is 12.9. The fourth-order valence-electron chi connectivity index (χ4n) is 3.99. The molecule has 1 N–H and O–H groups in total. The lowest BCUT2D eigenvalue weighted by molar-refractivity contribution is -0.150. The third-order valence-corrected chi connectivity index (χ3v) is 5.23. The van der Waals surface area contributed by atoms with E-state index in [4.69, 9.17) is 9.47 Å². The number of aromatic nitrogens is 1. The molecule has 1 amide bonds. The molecule has 0 radical (unpaired) electrons. The smallest absolute Gasteiger partial charge is 0.331 e. The van der Waals surface area contributed by atoms with Crippen LogP contribution in [0.25, 0.3) is 0 Å². The van der Waals surface area contributed by atoms with E-state index in [-0.39, 0.29) is 24.1 Å². The quantitative estimate of drug-likeness (QED) is 0.796. The van der Waals surface area contributed by atoms with Crippen LogP contribution >= 0.6 is 0 Å². The Morgan fingerprint density at radius 1 is 1.26 bits per heavy atom. The number of carbonyl (C=O) groups excluding carboxylic acids is 2. The second-order valence-electron chi connectivity index (χ2n) is 7.53. The summed E-state index contributed by atoms with van der Waals surface area (Å²) in [4.78, 5) is 31.7. The third kappa shape index (κ3) is 4.40. The van der Waals surface area contributed by atoms with Crippen LogP contribution < -0.4 is 10.2 Å². The van der Waals surface area contributed by atoms with Gasteiger partial charge in [0.2, 0.25) is 0 Å². The molecule has 148 valence electrons. The molecule has 2 aliphatic rings. The van der Waals surface area contributed by atoms with Gasteiger partial charge in [-0.3, -0.25) is 4.79 Å². The van der Waals surface area contributed by atoms with Gasteiger partial charge in [-0.1, -0.05) is 12.8 Å². The Hall–Kier alpha value is -2.15. The Labute approximate surface area is 160 Å². The van der Waals surface area contributed by atoms with Crippen LogP contribution in [0, 0.1) is 0 Å². The zero-order valence-electron chi connectivity index (χ0n) is 16.4. The van der Waals surface area contributed by atoms with E-state index in [1.54, 1.807) is 19.2 Å². The molecule has 0 unspecified atom stereocenters. The molecule has 1 aliphatic carbocycles. The molecule has 2 atom stereocenters. The third-order valence-electron chi connectivity index (χ3n) is 5.23. The van der Waals surface area contributed by atoms with Crippen molar-refractivity contribution in [2.45, 2.75) is 64.2 Å². The van der Waals surface area contributed by atoms with Gasteiger partial charge in [0.15, 0.2) is 0 Å². The minimum Gasteiger partial charge on any atom is -0.464 e. The van der Waals surface area contributed by atoms with Gasteiger partial charge in [-0.2, -0.15) is 0 Å². The molecule has 1 aromatic heterocycles. The van der Waals surface area contributed by atoms with Crippen LogP contribution in [0.3, 0.4) is 0 Å². The van der Waals surface area contributed by atoms with Gasteiger partial charge in [0.25, 0.3) is 5.91 Å². The number of anilines is 1. The number of hydrogen-bond acceptors (Lipinski definition) is 6. The van der Waals surface area contributed by atoms with E-state index in [0.29, 0.717) is 25.0 Å². The molecule has 27 heavy (non-hydrogen) atoms. The predicted molar refractivity (Wildman–Crippen MR) is 102 cm³/mol. The molecule has 7 heteroatoms. The van der Waals surface area contributed by atoms with Crippen LogP contribution in [0.4, 0.5) is 5.82 Å². The maximum atomic E-state index is 12.7. The van der Waals surface area contributed by atoms with Crippen LogP contribution in [0.2, 0.25) is 0 Å². The Balaban J connectivity index is 1.69. The Bertz CT molecular complexity index is 660. The van der Waals surface area contributed by atoms with Gasteiger partial charge in [-0.05, 0) is 45.7 Å². The maximum Gasteiger partial charge on any atom is 0.331 e. The minimum absolute atomic E-state index is 0.144. The number of nitrogens with one attached hydrogen (secondary N) is 1. The summed E-state index contributed by atoms with van der Waals surface area (Å²) in [6.07, 6.45) is 4.91. The normalized spacial score (nSPS) is 24.5. The van der Waals surface area contributed by atoms with E-state index in [0.717, 1.165) is 31.7 Å². The summed E-state index contributed by atoms with van der Waals surface area (Å²) in [6, 6.07) is 3.61. The van der Waals surface area contributed by atoms with Crippen molar-refractivity contribution >= 4 is 17.7 Å². The number of carbonyl (C=O) groups is 2. The fraction of sp³-hybridized carbons (Fsp3) is 0.650. The van der Waals surface area contributed by atoms with E-state index in [9.17, 15) is 9.59 Å². The summed E-state index contributed by atoms with van der Waals surface area (Å²) in [5.41, 5.74) is -0.454. The lowest BCUT2D eigenvalue weighted by Crippen LogP contribution is -2.53. The van der Waals surface area contributed by atoms with Crippen molar-refractivity contribution in [3.05, 3.63) is 23.9 Å². The summed E-state index contributed by atoms with van der Waals surface area (Å²) in [5, 5.41) is 2.92. The van der Waals surface area contributed by atoms with Gasteiger partial charge in [0, 0.05) is 19.3 Å². The van der Waals surface area contributed by atoms with Gasteiger partial charge in [0.1, 0.15) is 11.4 Å². The lowest BCUT2D eigenvalue weighted by Gasteiger charge is -2.36. The van der Waals surface area contributed by atoms with Crippen LogP contribution in [0.1, 0.15) is 56.8 Å². The van der Waals surface area contributed by atoms with Crippen molar-refractivity contribution in [2.75, 3.05) is 24.6 Å².